The number of nitrogens with two attached hydrogens (primary N) is 1. The van der Waals surface area contributed by atoms with Crippen LogP contribution in [0.2, 0.25) is 0 Å². The third-order valence-electron chi connectivity index (χ3n) is 6.19. The maximum atomic E-state index is 14.5. The molecule has 3 rings (SSSR count). The number of ketones is 1. The summed E-state index contributed by atoms with van der Waals surface area (Å²) in [6.45, 7) is 8.40. The first-order valence-corrected chi connectivity index (χ1v) is 11.8. The molecule has 1 aromatic heterocycles. The molecule has 1 aromatic carbocycles. The van der Waals surface area contributed by atoms with Crippen molar-refractivity contribution in [1.29, 1.82) is 0 Å². The zero-order valence-electron chi connectivity index (χ0n) is 20.3. The Kier molecular flexibility index (Phi) is 8.61. The van der Waals surface area contributed by atoms with Crippen LogP contribution in [0, 0.1) is 11.7 Å². The number of Topliss-reactive ketones (excluding diaryl/α,β-unsaturated/α-hetero) is 1. The third kappa shape index (κ3) is 6.76. The number of halogens is 1. The van der Waals surface area contributed by atoms with Gasteiger partial charge in [0.05, 0.1) is 12.1 Å². The molecule has 1 fully saturated rings. The number of hydrogen-bond acceptors (Lipinski definition) is 6. The predicted molar refractivity (Wildman–Crippen MR) is 128 cm³/mol. The molecule has 1 amide bonds. The second-order valence-electron chi connectivity index (χ2n) is 9.19. The lowest BCUT2D eigenvalue weighted by molar-refractivity contribution is -0.118. The number of pyridine rings is 1. The number of likely N-dealkylation sites (tertiary alicyclic amines) is 1. The van der Waals surface area contributed by atoms with Crippen molar-refractivity contribution in [2.45, 2.75) is 65.2 Å². The summed E-state index contributed by atoms with van der Waals surface area (Å²) in [4.78, 5) is 29.5. The minimum atomic E-state index is -0.707. The van der Waals surface area contributed by atoms with E-state index >= 15 is 0 Å². The van der Waals surface area contributed by atoms with E-state index in [-0.39, 0.29) is 30.5 Å². The predicted octanol–water partition coefficient (Wildman–Crippen LogP) is 4.37. The summed E-state index contributed by atoms with van der Waals surface area (Å²) < 4.78 is 25.8. The Balaban J connectivity index is 1.55. The maximum absolute atomic E-state index is 14.5. The van der Waals surface area contributed by atoms with Crippen LogP contribution in [0.15, 0.2) is 36.5 Å². The molecule has 0 radical (unpaired) electrons. The van der Waals surface area contributed by atoms with Crippen LogP contribution in [0.4, 0.5) is 9.18 Å². The van der Waals surface area contributed by atoms with E-state index in [0.717, 1.165) is 18.4 Å². The van der Waals surface area contributed by atoms with Crippen LogP contribution in [-0.2, 0) is 16.0 Å². The van der Waals surface area contributed by atoms with Crippen molar-refractivity contribution < 1.29 is 23.5 Å². The Morgan fingerprint density at radius 2 is 1.82 bits per heavy atom. The molecule has 34 heavy (non-hydrogen) atoms. The van der Waals surface area contributed by atoms with Gasteiger partial charge in [0.1, 0.15) is 17.7 Å². The molecule has 2 aromatic rings. The molecule has 1 aliphatic heterocycles. The third-order valence-corrected chi connectivity index (χ3v) is 6.19. The van der Waals surface area contributed by atoms with Crippen LogP contribution in [-0.4, -0.2) is 53.1 Å². The molecular weight excluding hydrogens is 437 g/mol. The first-order chi connectivity index (χ1) is 16.1. The number of ether oxygens (including phenoxy) is 2. The molecule has 0 saturated carbocycles. The fourth-order valence-electron chi connectivity index (χ4n) is 4.01. The largest absolute Gasteiger partial charge is 0.474 e. The number of benzene rings is 1. The van der Waals surface area contributed by atoms with Crippen molar-refractivity contribution in [3.05, 3.63) is 47.9 Å². The van der Waals surface area contributed by atoms with Crippen molar-refractivity contribution in [2.75, 3.05) is 13.1 Å². The molecule has 0 unspecified atom stereocenters. The highest BCUT2D eigenvalue weighted by molar-refractivity contribution is 5.81. The van der Waals surface area contributed by atoms with Gasteiger partial charge in [0.15, 0.2) is 0 Å². The normalized spacial score (nSPS) is 16.3. The van der Waals surface area contributed by atoms with Crippen LogP contribution >= 0.6 is 0 Å². The van der Waals surface area contributed by atoms with E-state index in [0.29, 0.717) is 36.0 Å². The quantitative estimate of drug-likeness (QED) is 0.614. The van der Waals surface area contributed by atoms with Crippen molar-refractivity contribution >= 4 is 11.9 Å². The molecule has 2 heterocycles. The zero-order valence-corrected chi connectivity index (χ0v) is 20.3. The number of amides is 1. The van der Waals surface area contributed by atoms with Crippen molar-refractivity contribution in [1.82, 2.24) is 9.88 Å². The second-order valence-corrected chi connectivity index (χ2v) is 9.19. The number of aromatic nitrogens is 1. The molecule has 2 N–H and O–H groups in total. The lowest BCUT2D eigenvalue weighted by Crippen LogP contribution is -2.42. The standard InChI is InChI=1S/C26H34FN3O4/c1-16(2)33-26(32)30-11-9-19(10-12-30)18(4)34-25-8-7-22(15-29-25)20-5-6-21(23(27)13-20)14-24(28)17(3)31/h5-8,13,15-16,18-19,24H,9-12,14,28H2,1-4H3/t18-,24-/m0/s1. The number of carbonyl (C=O) groups excluding carboxylic acids is 2. The maximum Gasteiger partial charge on any atom is 0.410 e. The fourth-order valence-corrected chi connectivity index (χ4v) is 4.01. The van der Waals surface area contributed by atoms with Crippen LogP contribution in [0.25, 0.3) is 11.1 Å². The summed E-state index contributed by atoms with van der Waals surface area (Å²) in [7, 11) is 0. The Labute approximate surface area is 200 Å². The molecule has 0 aliphatic carbocycles. The summed E-state index contributed by atoms with van der Waals surface area (Å²) in [5.74, 6) is 0.249. The highest BCUT2D eigenvalue weighted by Gasteiger charge is 2.28. The molecule has 1 saturated heterocycles. The van der Waals surface area contributed by atoms with Gasteiger partial charge < -0.3 is 20.1 Å². The molecule has 184 valence electrons. The lowest BCUT2D eigenvalue weighted by Gasteiger charge is -2.34. The van der Waals surface area contributed by atoms with Gasteiger partial charge in [0, 0.05) is 30.9 Å². The first-order valence-electron chi connectivity index (χ1n) is 11.8. The lowest BCUT2D eigenvalue weighted by atomic mass is 9.92. The van der Waals surface area contributed by atoms with Gasteiger partial charge in [-0.25, -0.2) is 14.2 Å². The number of nitrogens with zero attached hydrogens (tertiary/aromatic N) is 2. The van der Waals surface area contributed by atoms with Gasteiger partial charge in [-0.05, 0) is 76.1 Å². The van der Waals surface area contributed by atoms with E-state index < -0.39 is 11.9 Å². The second kappa shape index (κ2) is 11.4. The van der Waals surface area contributed by atoms with E-state index in [4.69, 9.17) is 15.2 Å². The highest BCUT2D eigenvalue weighted by Crippen LogP contribution is 2.27. The first kappa shape index (κ1) is 25.6. The number of hydrogen-bond donors (Lipinski definition) is 1. The average Bonchev–Trinajstić information content (AvgIpc) is 2.80. The summed E-state index contributed by atoms with van der Waals surface area (Å²) in [6, 6.07) is 7.79. The molecule has 0 bridgehead atoms. The molecule has 1 aliphatic rings. The van der Waals surface area contributed by atoms with Gasteiger partial charge in [0.2, 0.25) is 5.88 Å². The molecule has 7 nitrogen and oxygen atoms in total. The number of piperidine rings is 1. The van der Waals surface area contributed by atoms with Crippen LogP contribution < -0.4 is 10.5 Å². The van der Waals surface area contributed by atoms with E-state index in [9.17, 15) is 14.0 Å². The Morgan fingerprint density at radius 3 is 2.38 bits per heavy atom. The minimum Gasteiger partial charge on any atom is -0.474 e. The summed E-state index contributed by atoms with van der Waals surface area (Å²) >= 11 is 0. The van der Waals surface area contributed by atoms with Crippen LogP contribution in [0.5, 0.6) is 5.88 Å². The molecule has 2 atom stereocenters. The zero-order chi connectivity index (χ0) is 24.8. The van der Waals surface area contributed by atoms with Gasteiger partial charge >= 0.3 is 6.09 Å². The highest BCUT2D eigenvalue weighted by atomic mass is 19.1. The van der Waals surface area contributed by atoms with Crippen LogP contribution in [0.1, 0.15) is 46.1 Å². The van der Waals surface area contributed by atoms with E-state index in [1.54, 1.807) is 29.3 Å². The van der Waals surface area contributed by atoms with E-state index in [1.165, 1.54) is 13.0 Å². The fraction of sp³-hybridized carbons (Fsp3) is 0.500. The van der Waals surface area contributed by atoms with Gasteiger partial charge in [-0.3, -0.25) is 4.79 Å². The van der Waals surface area contributed by atoms with Gasteiger partial charge in [-0.1, -0.05) is 12.1 Å². The van der Waals surface area contributed by atoms with Gasteiger partial charge in [-0.2, -0.15) is 0 Å². The smallest absolute Gasteiger partial charge is 0.410 e. The topological polar surface area (TPSA) is 94.8 Å². The monoisotopic (exact) mass is 471 g/mol. The SMILES string of the molecule is CC(=O)[C@@H](N)Cc1ccc(-c2ccc(O[C@@H](C)C3CCN(C(=O)OC(C)C)CC3)nc2)cc1F. The van der Waals surface area contributed by atoms with Crippen molar-refractivity contribution in [3.63, 3.8) is 0 Å². The molecule has 0 spiro atoms. The van der Waals surface area contributed by atoms with Gasteiger partial charge in [0.25, 0.3) is 0 Å². The number of rotatable bonds is 8. The van der Waals surface area contributed by atoms with Crippen LogP contribution in [0.3, 0.4) is 0 Å². The minimum absolute atomic E-state index is 0.0520. The Hall–Kier alpha value is -3.00. The Bertz CT molecular complexity index is 988. The number of carbonyl (C=O) groups is 2. The Morgan fingerprint density at radius 1 is 1.15 bits per heavy atom. The summed E-state index contributed by atoms with van der Waals surface area (Å²) in [6.07, 6.45) is 3.07. The van der Waals surface area contributed by atoms with Crippen molar-refractivity contribution in [3.8, 4) is 17.0 Å². The molecular formula is C26H34FN3O4. The molecule has 8 heteroatoms. The summed E-state index contributed by atoms with van der Waals surface area (Å²) in [5, 5.41) is 0. The van der Waals surface area contributed by atoms with Gasteiger partial charge in [-0.15, -0.1) is 0 Å². The van der Waals surface area contributed by atoms with E-state index in [1.807, 2.05) is 26.8 Å². The average molecular weight is 472 g/mol. The van der Waals surface area contributed by atoms with E-state index in [2.05, 4.69) is 4.98 Å². The summed E-state index contributed by atoms with van der Waals surface area (Å²) in [5.41, 5.74) is 7.61. The van der Waals surface area contributed by atoms with Crippen molar-refractivity contribution in [2.24, 2.45) is 11.7 Å².